The first-order chi connectivity index (χ1) is 10.3. The van der Waals surface area contributed by atoms with Crippen LogP contribution in [0.2, 0.25) is 0 Å². The summed E-state index contributed by atoms with van der Waals surface area (Å²) in [5.74, 6) is 0. The van der Waals surface area contributed by atoms with Crippen molar-refractivity contribution in [2.45, 2.75) is 37.8 Å². The first-order valence-corrected chi connectivity index (χ1v) is 7.57. The van der Waals surface area contributed by atoms with Gasteiger partial charge >= 0.3 is 0 Å². The second-order valence-corrected chi connectivity index (χ2v) is 5.96. The van der Waals surface area contributed by atoms with E-state index in [9.17, 15) is 0 Å². The highest BCUT2D eigenvalue weighted by Gasteiger charge is 2.50. The molecule has 0 amide bonds. The summed E-state index contributed by atoms with van der Waals surface area (Å²) in [7, 11) is 0. The molecule has 0 bridgehead atoms. The molecule has 1 N–H and O–H groups in total. The Bertz CT molecular complexity index is 704. The molecule has 4 heteroatoms. The van der Waals surface area contributed by atoms with Crippen LogP contribution in [0.1, 0.15) is 35.4 Å². The third-order valence-electron chi connectivity index (χ3n) is 4.76. The third-order valence-corrected chi connectivity index (χ3v) is 4.76. The Balaban J connectivity index is 1.84. The Hall–Kier alpha value is -2.12. The molecule has 106 valence electrons. The molecular weight excluding hydrogens is 260 g/mol. The zero-order valence-electron chi connectivity index (χ0n) is 12.0. The fourth-order valence-electron chi connectivity index (χ4n) is 3.55. The lowest BCUT2D eigenvalue weighted by molar-refractivity contribution is 0.590. The molecule has 1 aromatic carbocycles. The average molecular weight is 278 g/mol. The van der Waals surface area contributed by atoms with E-state index in [1.807, 2.05) is 4.68 Å². The van der Waals surface area contributed by atoms with Crippen molar-refractivity contribution in [3.8, 4) is 6.07 Å². The lowest BCUT2D eigenvalue weighted by Crippen LogP contribution is -2.26. The molecule has 4 rings (SSSR count). The van der Waals surface area contributed by atoms with Crippen LogP contribution < -0.4 is 5.32 Å². The molecule has 1 fully saturated rings. The molecule has 4 nitrogen and oxygen atoms in total. The SMILES string of the molecule is N#CCn1nc(C2(c3ccccc3)CC2)c2c1CCNC2. The van der Waals surface area contributed by atoms with Gasteiger partial charge in [-0.1, -0.05) is 30.3 Å². The van der Waals surface area contributed by atoms with Crippen LogP contribution in [0, 0.1) is 11.3 Å². The number of nitriles is 1. The molecule has 2 heterocycles. The molecule has 2 aromatic rings. The Kier molecular flexibility index (Phi) is 2.83. The first kappa shape index (κ1) is 12.6. The monoisotopic (exact) mass is 278 g/mol. The number of benzene rings is 1. The molecule has 2 aliphatic rings. The molecule has 0 atom stereocenters. The summed E-state index contributed by atoms with van der Waals surface area (Å²) in [5.41, 5.74) is 5.24. The molecule has 1 aliphatic heterocycles. The van der Waals surface area contributed by atoms with E-state index in [-0.39, 0.29) is 5.41 Å². The van der Waals surface area contributed by atoms with E-state index >= 15 is 0 Å². The van der Waals surface area contributed by atoms with Gasteiger partial charge in [0.2, 0.25) is 0 Å². The molecule has 21 heavy (non-hydrogen) atoms. The lowest BCUT2D eigenvalue weighted by Gasteiger charge is -2.18. The maximum absolute atomic E-state index is 9.04. The molecule has 1 aromatic heterocycles. The van der Waals surface area contributed by atoms with Gasteiger partial charge in [-0.05, 0) is 18.4 Å². The second-order valence-electron chi connectivity index (χ2n) is 5.96. The molecule has 0 spiro atoms. The Morgan fingerprint density at radius 3 is 2.81 bits per heavy atom. The Morgan fingerprint density at radius 2 is 2.10 bits per heavy atom. The minimum Gasteiger partial charge on any atom is -0.312 e. The van der Waals surface area contributed by atoms with Gasteiger partial charge in [0.1, 0.15) is 6.54 Å². The van der Waals surface area contributed by atoms with Crippen molar-refractivity contribution in [1.29, 1.82) is 5.26 Å². The van der Waals surface area contributed by atoms with Gasteiger partial charge in [0.15, 0.2) is 0 Å². The largest absolute Gasteiger partial charge is 0.312 e. The fraction of sp³-hybridized carbons (Fsp3) is 0.412. The molecule has 0 radical (unpaired) electrons. The topological polar surface area (TPSA) is 53.6 Å². The Morgan fingerprint density at radius 1 is 1.29 bits per heavy atom. The number of nitrogens with one attached hydrogen (secondary N) is 1. The van der Waals surface area contributed by atoms with Gasteiger partial charge in [0, 0.05) is 36.2 Å². The third kappa shape index (κ3) is 1.89. The second kappa shape index (κ2) is 4.71. The molecule has 0 saturated heterocycles. The van der Waals surface area contributed by atoms with Crippen molar-refractivity contribution >= 4 is 0 Å². The zero-order chi connectivity index (χ0) is 14.3. The maximum atomic E-state index is 9.04. The predicted molar refractivity (Wildman–Crippen MR) is 79.7 cm³/mol. The van der Waals surface area contributed by atoms with Gasteiger partial charge < -0.3 is 5.32 Å². The van der Waals surface area contributed by atoms with Crippen molar-refractivity contribution in [2.24, 2.45) is 0 Å². The zero-order valence-corrected chi connectivity index (χ0v) is 12.0. The van der Waals surface area contributed by atoms with Gasteiger partial charge in [0.25, 0.3) is 0 Å². The van der Waals surface area contributed by atoms with E-state index in [1.165, 1.54) is 22.5 Å². The van der Waals surface area contributed by atoms with Crippen molar-refractivity contribution in [2.75, 3.05) is 6.54 Å². The average Bonchev–Trinajstić information content (AvgIpc) is 3.27. The summed E-state index contributed by atoms with van der Waals surface area (Å²) in [4.78, 5) is 0. The molecule has 0 unspecified atom stereocenters. The van der Waals surface area contributed by atoms with Crippen molar-refractivity contribution < 1.29 is 0 Å². The number of nitrogens with zero attached hydrogens (tertiary/aromatic N) is 3. The molecule has 1 aliphatic carbocycles. The predicted octanol–water partition coefficient (Wildman–Crippen LogP) is 2.13. The van der Waals surface area contributed by atoms with Crippen LogP contribution in [0.15, 0.2) is 30.3 Å². The van der Waals surface area contributed by atoms with E-state index in [1.54, 1.807) is 0 Å². The number of hydrogen-bond acceptors (Lipinski definition) is 3. The normalized spacial score (nSPS) is 18.8. The van der Waals surface area contributed by atoms with Crippen LogP contribution in [-0.2, 0) is 24.9 Å². The number of fused-ring (bicyclic) bond motifs is 1. The van der Waals surface area contributed by atoms with E-state index < -0.39 is 0 Å². The number of rotatable bonds is 3. The summed E-state index contributed by atoms with van der Waals surface area (Å²) in [6, 6.07) is 12.9. The minimum atomic E-state index is 0.0884. The first-order valence-electron chi connectivity index (χ1n) is 7.57. The van der Waals surface area contributed by atoms with Crippen molar-refractivity contribution in [1.82, 2.24) is 15.1 Å². The van der Waals surface area contributed by atoms with Crippen molar-refractivity contribution in [3.63, 3.8) is 0 Å². The van der Waals surface area contributed by atoms with Gasteiger partial charge in [0.05, 0.1) is 11.8 Å². The van der Waals surface area contributed by atoms with Crippen LogP contribution in [0.25, 0.3) is 0 Å². The molecular formula is C17H18N4. The van der Waals surface area contributed by atoms with Gasteiger partial charge in [-0.15, -0.1) is 0 Å². The van der Waals surface area contributed by atoms with E-state index in [0.29, 0.717) is 6.54 Å². The smallest absolute Gasteiger partial charge is 0.128 e. The highest BCUT2D eigenvalue weighted by Crippen LogP contribution is 2.54. The van der Waals surface area contributed by atoms with Crippen LogP contribution in [0.3, 0.4) is 0 Å². The van der Waals surface area contributed by atoms with Crippen LogP contribution in [0.5, 0.6) is 0 Å². The standard InChI is InChI=1S/C17H18N4/c18-9-11-21-15-6-10-19-12-14(15)16(20-21)17(7-8-17)13-4-2-1-3-5-13/h1-5,19H,6-8,10-12H2. The highest BCUT2D eigenvalue weighted by atomic mass is 15.3. The minimum absolute atomic E-state index is 0.0884. The summed E-state index contributed by atoms with van der Waals surface area (Å²) < 4.78 is 1.93. The number of hydrogen-bond donors (Lipinski definition) is 1. The highest BCUT2D eigenvalue weighted by molar-refractivity contribution is 5.47. The van der Waals surface area contributed by atoms with Crippen LogP contribution >= 0.6 is 0 Å². The number of aromatic nitrogens is 2. The fourth-order valence-corrected chi connectivity index (χ4v) is 3.55. The summed E-state index contributed by atoms with van der Waals surface area (Å²) in [5, 5.41) is 17.3. The van der Waals surface area contributed by atoms with Gasteiger partial charge in [-0.3, -0.25) is 4.68 Å². The van der Waals surface area contributed by atoms with Gasteiger partial charge in [-0.25, -0.2) is 0 Å². The van der Waals surface area contributed by atoms with E-state index in [0.717, 1.165) is 32.4 Å². The maximum Gasteiger partial charge on any atom is 0.128 e. The quantitative estimate of drug-likeness (QED) is 0.935. The van der Waals surface area contributed by atoms with Crippen LogP contribution in [-0.4, -0.2) is 16.3 Å². The summed E-state index contributed by atoms with van der Waals surface area (Å²) in [6.07, 6.45) is 3.29. The lowest BCUT2D eigenvalue weighted by atomic mass is 9.88. The Labute approximate surface area is 124 Å². The van der Waals surface area contributed by atoms with Crippen molar-refractivity contribution in [3.05, 3.63) is 52.8 Å². The summed E-state index contributed by atoms with van der Waals surface area (Å²) >= 11 is 0. The van der Waals surface area contributed by atoms with Gasteiger partial charge in [-0.2, -0.15) is 10.4 Å². The summed E-state index contributed by atoms with van der Waals surface area (Å²) in [6.45, 7) is 2.21. The van der Waals surface area contributed by atoms with E-state index in [2.05, 4.69) is 41.7 Å². The van der Waals surface area contributed by atoms with E-state index in [4.69, 9.17) is 10.4 Å². The van der Waals surface area contributed by atoms with Crippen LogP contribution in [0.4, 0.5) is 0 Å². The molecule has 1 saturated carbocycles.